The number of aliphatic hydroxyl groups excluding tert-OH is 1. The molecule has 0 radical (unpaired) electrons. The van der Waals surface area contributed by atoms with Gasteiger partial charge in [0.1, 0.15) is 22.4 Å². The summed E-state index contributed by atoms with van der Waals surface area (Å²) < 4.78 is 60.5. The van der Waals surface area contributed by atoms with Crippen LogP contribution in [0.25, 0.3) is 0 Å². The summed E-state index contributed by atoms with van der Waals surface area (Å²) in [5.41, 5.74) is 4.69. The van der Waals surface area contributed by atoms with Crippen molar-refractivity contribution >= 4 is 21.7 Å². The molecular weight excluding hydrogens is 432 g/mol. The summed E-state index contributed by atoms with van der Waals surface area (Å²) in [7, 11) is -2.60. The van der Waals surface area contributed by atoms with Crippen LogP contribution >= 0.6 is 0 Å². The molecule has 1 saturated heterocycles. The lowest BCUT2D eigenvalue weighted by atomic mass is 9.84. The highest BCUT2D eigenvalue weighted by atomic mass is 32.2. The van der Waals surface area contributed by atoms with Crippen molar-refractivity contribution in [3.63, 3.8) is 0 Å². The molecular formula is C19H21F2N5O4S. The van der Waals surface area contributed by atoms with Crippen LogP contribution < -0.4 is 11.1 Å². The molecule has 2 aliphatic rings. The van der Waals surface area contributed by atoms with Gasteiger partial charge >= 0.3 is 0 Å². The molecule has 0 bridgehead atoms. The van der Waals surface area contributed by atoms with Gasteiger partial charge < -0.3 is 20.9 Å². The van der Waals surface area contributed by atoms with Gasteiger partial charge in [-0.15, -0.1) is 0 Å². The molecule has 4 rings (SSSR count). The average molecular weight is 453 g/mol. The minimum absolute atomic E-state index is 0.0268. The van der Waals surface area contributed by atoms with Gasteiger partial charge in [0.15, 0.2) is 6.23 Å². The zero-order valence-electron chi connectivity index (χ0n) is 16.5. The lowest BCUT2D eigenvalue weighted by Gasteiger charge is -2.45. The Hall–Kier alpha value is -2.83. The van der Waals surface area contributed by atoms with Gasteiger partial charge in [-0.05, 0) is 36.8 Å². The quantitative estimate of drug-likeness (QED) is 0.590. The molecule has 0 saturated carbocycles. The smallest absolute Gasteiger partial charge is 0.242 e. The van der Waals surface area contributed by atoms with Gasteiger partial charge in [-0.1, -0.05) is 0 Å². The number of halogens is 2. The fourth-order valence-corrected chi connectivity index (χ4v) is 5.70. The van der Waals surface area contributed by atoms with Gasteiger partial charge in [-0.25, -0.2) is 26.5 Å². The zero-order chi connectivity index (χ0) is 22.4. The molecule has 3 unspecified atom stereocenters. The van der Waals surface area contributed by atoms with Crippen LogP contribution in [0.15, 0.2) is 41.5 Å². The number of nitrogens with two attached hydrogens (primary N) is 1. The van der Waals surface area contributed by atoms with E-state index in [1.807, 2.05) is 0 Å². The molecule has 12 heteroatoms. The van der Waals surface area contributed by atoms with Crippen LogP contribution in [0.2, 0.25) is 0 Å². The van der Waals surface area contributed by atoms with E-state index in [0.717, 1.165) is 22.6 Å². The summed E-state index contributed by atoms with van der Waals surface area (Å²) in [5, 5.41) is 12.0. The number of nitrogens with zero attached hydrogens (tertiary/aromatic N) is 3. The number of hydrogen-bond acceptors (Lipinski definition) is 8. The van der Waals surface area contributed by atoms with Crippen LogP contribution in [-0.2, 0) is 20.3 Å². The second-order valence-electron chi connectivity index (χ2n) is 7.38. The Morgan fingerprint density at radius 1 is 1.35 bits per heavy atom. The number of guanidine groups is 1. The summed E-state index contributed by atoms with van der Waals surface area (Å²) >= 11 is 0. The van der Waals surface area contributed by atoms with Crippen molar-refractivity contribution in [2.75, 3.05) is 25.6 Å². The van der Waals surface area contributed by atoms with E-state index >= 15 is 0 Å². The van der Waals surface area contributed by atoms with Crippen LogP contribution in [0.5, 0.6) is 0 Å². The minimum Gasteiger partial charge on any atom is -0.378 e. The van der Waals surface area contributed by atoms with Gasteiger partial charge in [0, 0.05) is 24.9 Å². The van der Waals surface area contributed by atoms with Crippen LogP contribution in [0.3, 0.4) is 0 Å². The Morgan fingerprint density at radius 3 is 2.84 bits per heavy atom. The standard InChI is InChI=1S/C19H21F2N5O4S/c1-26-18(22)25-19(10-30-7-6-16(19)31(26,28)29)13-8-12(3-4-14(13)21)24-17(27)15-5-2-11(20)9-23-15/h2-5,8-9,16-17,24,27H,6-7,10H2,1H3,(H2,22,25). The predicted molar refractivity (Wildman–Crippen MR) is 108 cm³/mol. The molecule has 4 N–H and O–H groups in total. The topological polar surface area (TPSA) is 130 Å². The van der Waals surface area contributed by atoms with Crippen molar-refractivity contribution in [1.29, 1.82) is 0 Å². The van der Waals surface area contributed by atoms with Crippen LogP contribution in [0, 0.1) is 11.6 Å². The van der Waals surface area contributed by atoms with Crippen molar-refractivity contribution in [3.8, 4) is 0 Å². The van der Waals surface area contributed by atoms with Gasteiger partial charge in [0.2, 0.25) is 16.0 Å². The van der Waals surface area contributed by atoms with E-state index in [0.29, 0.717) is 0 Å². The fourth-order valence-electron chi connectivity index (χ4n) is 3.88. The average Bonchev–Trinajstić information content (AvgIpc) is 2.74. The number of rotatable bonds is 4. The maximum Gasteiger partial charge on any atom is 0.242 e. The fraction of sp³-hybridized carbons (Fsp3) is 0.368. The number of aliphatic imine (C=N–C) groups is 1. The molecule has 2 aliphatic heterocycles. The zero-order valence-corrected chi connectivity index (χ0v) is 17.3. The van der Waals surface area contributed by atoms with Crippen molar-refractivity contribution in [3.05, 3.63) is 59.4 Å². The van der Waals surface area contributed by atoms with E-state index < -0.39 is 38.7 Å². The number of aromatic nitrogens is 1. The Bertz CT molecular complexity index is 1130. The van der Waals surface area contributed by atoms with Gasteiger partial charge in [0.25, 0.3) is 0 Å². The number of pyridine rings is 1. The van der Waals surface area contributed by atoms with Crippen LogP contribution in [0.1, 0.15) is 23.9 Å². The molecule has 3 atom stereocenters. The van der Waals surface area contributed by atoms with E-state index in [9.17, 15) is 22.3 Å². The molecule has 0 spiro atoms. The number of aliphatic hydroxyl groups is 1. The van der Waals surface area contributed by atoms with E-state index in [-0.39, 0.29) is 42.5 Å². The Labute approximate surface area is 177 Å². The minimum atomic E-state index is -3.90. The highest BCUT2D eigenvalue weighted by molar-refractivity contribution is 7.90. The normalized spacial score (nSPS) is 26.0. The summed E-state index contributed by atoms with van der Waals surface area (Å²) in [6.07, 6.45) is -0.243. The number of fused-ring (bicyclic) bond motifs is 1. The molecule has 1 fully saturated rings. The number of anilines is 1. The third kappa shape index (κ3) is 3.60. The molecule has 1 aromatic heterocycles. The van der Waals surface area contributed by atoms with Crippen molar-refractivity contribution in [2.24, 2.45) is 10.7 Å². The molecule has 31 heavy (non-hydrogen) atoms. The Balaban J connectivity index is 1.76. The van der Waals surface area contributed by atoms with Crippen molar-refractivity contribution < 1.29 is 27.0 Å². The van der Waals surface area contributed by atoms with E-state index in [2.05, 4.69) is 15.3 Å². The number of hydrogen-bond donors (Lipinski definition) is 3. The molecule has 0 amide bonds. The molecule has 0 aliphatic carbocycles. The molecule has 166 valence electrons. The van der Waals surface area contributed by atoms with Gasteiger partial charge in [-0.2, -0.15) is 0 Å². The van der Waals surface area contributed by atoms with Crippen molar-refractivity contribution in [1.82, 2.24) is 9.29 Å². The van der Waals surface area contributed by atoms with Crippen LogP contribution in [-0.4, -0.2) is 54.3 Å². The number of sulfonamides is 1. The maximum atomic E-state index is 15.0. The number of ether oxygens (including phenoxy) is 1. The van der Waals surface area contributed by atoms with Gasteiger partial charge in [0.05, 0.1) is 18.5 Å². The summed E-state index contributed by atoms with van der Waals surface area (Å²) in [5.74, 6) is -1.51. The highest BCUT2D eigenvalue weighted by Gasteiger charge is 2.56. The molecule has 2 aromatic rings. The summed E-state index contributed by atoms with van der Waals surface area (Å²) in [6.45, 7) is 0.0112. The second-order valence-corrected chi connectivity index (χ2v) is 9.53. The first kappa shape index (κ1) is 21.4. The first-order valence-electron chi connectivity index (χ1n) is 9.42. The second kappa shape index (κ2) is 7.70. The van der Waals surface area contributed by atoms with E-state index in [4.69, 9.17) is 10.5 Å². The Kier molecular flexibility index (Phi) is 5.31. The van der Waals surface area contributed by atoms with E-state index in [1.54, 1.807) is 0 Å². The first-order chi connectivity index (χ1) is 14.6. The van der Waals surface area contributed by atoms with Crippen molar-refractivity contribution in [2.45, 2.75) is 23.4 Å². The SMILES string of the molecule is CN1C(N)=NC2(c3cc(NC(O)c4ccc(F)cn4)ccc3F)COCCC2S1(=O)=O. The highest BCUT2D eigenvalue weighted by Crippen LogP contribution is 2.44. The largest absolute Gasteiger partial charge is 0.378 e. The summed E-state index contributed by atoms with van der Waals surface area (Å²) in [4.78, 5) is 8.16. The molecule has 9 nitrogen and oxygen atoms in total. The van der Waals surface area contributed by atoms with Crippen LogP contribution in [0.4, 0.5) is 14.5 Å². The lowest BCUT2D eigenvalue weighted by Crippen LogP contribution is -2.61. The third-order valence-electron chi connectivity index (χ3n) is 5.52. The first-order valence-corrected chi connectivity index (χ1v) is 10.9. The third-order valence-corrected chi connectivity index (χ3v) is 7.82. The maximum absolute atomic E-state index is 15.0. The number of benzene rings is 1. The molecule has 3 heterocycles. The molecule has 1 aromatic carbocycles. The summed E-state index contributed by atoms with van der Waals surface area (Å²) in [6, 6.07) is 6.32. The predicted octanol–water partition coefficient (Wildman–Crippen LogP) is 1.04. The van der Waals surface area contributed by atoms with Gasteiger partial charge in [-0.3, -0.25) is 4.98 Å². The number of nitrogens with one attached hydrogen (secondary N) is 1. The Morgan fingerprint density at radius 2 is 2.13 bits per heavy atom. The monoisotopic (exact) mass is 453 g/mol. The lowest BCUT2D eigenvalue weighted by molar-refractivity contribution is 0.0361. The van der Waals surface area contributed by atoms with E-state index in [1.165, 1.54) is 25.2 Å².